The maximum atomic E-state index is 6.04. The van der Waals surface area contributed by atoms with Crippen LogP contribution in [-0.4, -0.2) is 19.2 Å². The molecule has 0 spiro atoms. The molecule has 1 N–H and O–H groups in total. The van der Waals surface area contributed by atoms with Crippen LogP contribution >= 0.6 is 0 Å². The summed E-state index contributed by atoms with van der Waals surface area (Å²) in [7, 11) is 0. The number of hydrogen-bond acceptors (Lipinski definition) is 2. The maximum Gasteiger partial charge on any atom is 0.122 e. The predicted octanol–water partition coefficient (Wildman–Crippen LogP) is 4.10. The monoisotopic (exact) mass is 263 g/mol. The summed E-state index contributed by atoms with van der Waals surface area (Å²) in [5.74, 6) is 1.01. The largest absolute Gasteiger partial charge is 0.492 e. The highest BCUT2D eigenvalue weighted by Crippen LogP contribution is 2.23. The Bertz CT molecular complexity index is 393. The fraction of sp³-hybridized carbons (Fsp3) is 0.647. The van der Waals surface area contributed by atoms with Crippen LogP contribution in [0.15, 0.2) is 18.2 Å². The van der Waals surface area contributed by atoms with Crippen LogP contribution in [0.5, 0.6) is 5.75 Å². The molecule has 0 radical (unpaired) electrons. The van der Waals surface area contributed by atoms with Gasteiger partial charge < -0.3 is 10.1 Å². The van der Waals surface area contributed by atoms with Crippen molar-refractivity contribution >= 4 is 0 Å². The number of aryl methyl sites for hydroxylation is 2. The molecule has 19 heavy (non-hydrogen) atoms. The minimum absolute atomic E-state index is 0.201. The van der Waals surface area contributed by atoms with Crippen molar-refractivity contribution in [2.75, 3.05) is 13.2 Å². The van der Waals surface area contributed by atoms with E-state index in [1.807, 2.05) is 0 Å². The smallest absolute Gasteiger partial charge is 0.122 e. The molecule has 0 amide bonds. The maximum absolute atomic E-state index is 6.04. The van der Waals surface area contributed by atoms with Crippen LogP contribution in [0.4, 0.5) is 0 Å². The van der Waals surface area contributed by atoms with Crippen molar-refractivity contribution in [3.05, 3.63) is 29.3 Å². The Kier molecular flexibility index (Phi) is 5.86. The Balaban J connectivity index is 2.67. The lowest BCUT2D eigenvalue weighted by molar-refractivity contribution is 0.173. The number of hydrogen-bond donors (Lipinski definition) is 1. The third-order valence-electron chi connectivity index (χ3n) is 3.44. The molecule has 1 unspecified atom stereocenters. The van der Waals surface area contributed by atoms with E-state index in [-0.39, 0.29) is 5.41 Å². The SMILES string of the molecule is CCCNC(COc1cc(C)ccc1C)C(C)(C)C. The third-order valence-corrected chi connectivity index (χ3v) is 3.44. The van der Waals surface area contributed by atoms with Gasteiger partial charge in [-0.1, -0.05) is 39.8 Å². The molecule has 0 heterocycles. The van der Waals surface area contributed by atoms with Gasteiger partial charge in [0, 0.05) is 6.04 Å². The van der Waals surface area contributed by atoms with E-state index in [1.54, 1.807) is 0 Å². The lowest BCUT2D eigenvalue weighted by atomic mass is 9.87. The van der Waals surface area contributed by atoms with E-state index in [2.05, 4.69) is 65.1 Å². The molecule has 0 aromatic heterocycles. The van der Waals surface area contributed by atoms with Gasteiger partial charge in [0.05, 0.1) is 0 Å². The van der Waals surface area contributed by atoms with Crippen LogP contribution in [0.1, 0.15) is 45.2 Å². The molecular weight excluding hydrogens is 234 g/mol. The summed E-state index contributed by atoms with van der Waals surface area (Å²) in [6.07, 6.45) is 1.15. The Morgan fingerprint density at radius 2 is 1.89 bits per heavy atom. The fourth-order valence-electron chi connectivity index (χ4n) is 1.97. The van der Waals surface area contributed by atoms with Crippen molar-refractivity contribution in [1.82, 2.24) is 5.32 Å². The molecule has 2 nitrogen and oxygen atoms in total. The number of nitrogens with one attached hydrogen (secondary N) is 1. The van der Waals surface area contributed by atoms with E-state index in [1.165, 1.54) is 11.1 Å². The van der Waals surface area contributed by atoms with Crippen LogP contribution in [0.2, 0.25) is 0 Å². The lowest BCUT2D eigenvalue weighted by Crippen LogP contribution is -2.45. The molecule has 0 saturated carbocycles. The summed E-state index contributed by atoms with van der Waals surface area (Å²) in [4.78, 5) is 0. The molecule has 1 atom stereocenters. The first-order valence-electron chi connectivity index (χ1n) is 7.28. The van der Waals surface area contributed by atoms with E-state index < -0.39 is 0 Å². The van der Waals surface area contributed by atoms with Gasteiger partial charge in [0.15, 0.2) is 0 Å². The van der Waals surface area contributed by atoms with Gasteiger partial charge in [-0.2, -0.15) is 0 Å². The topological polar surface area (TPSA) is 21.3 Å². The molecule has 2 heteroatoms. The Morgan fingerprint density at radius 1 is 1.21 bits per heavy atom. The summed E-state index contributed by atoms with van der Waals surface area (Å²) >= 11 is 0. The summed E-state index contributed by atoms with van der Waals surface area (Å²) in [6, 6.07) is 6.73. The highest BCUT2D eigenvalue weighted by molar-refractivity contribution is 5.36. The zero-order valence-corrected chi connectivity index (χ0v) is 13.3. The molecule has 0 fully saturated rings. The second-order valence-electron chi connectivity index (χ2n) is 6.45. The molecule has 0 saturated heterocycles. The van der Waals surface area contributed by atoms with Gasteiger partial charge in [0.2, 0.25) is 0 Å². The van der Waals surface area contributed by atoms with Gasteiger partial charge in [-0.3, -0.25) is 0 Å². The van der Waals surface area contributed by atoms with Crippen molar-refractivity contribution in [2.24, 2.45) is 5.41 Å². The molecule has 1 rings (SSSR count). The van der Waals surface area contributed by atoms with Crippen LogP contribution < -0.4 is 10.1 Å². The summed E-state index contributed by atoms with van der Waals surface area (Å²) in [5.41, 5.74) is 2.65. The molecular formula is C17H29NO. The average Bonchev–Trinajstić information content (AvgIpc) is 2.31. The highest BCUT2D eigenvalue weighted by atomic mass is 16.5. The van der Waals surface area contributed by atoms with Gasteiger partial charge in [-0.25, -0.2) is 0 Å². The van der Waals surface area contributed by atoms with E-state index in [0.29, 0.717) is 12.6 Å². The summed E-state index contributed by atoms with van der Waals surface area (Å²) < 4.78 is 6.04. The quantitative estimate of drug-likeness (QED) is 0.834. The zero-order chi connectivity index (χ0) is 14.5. The first kappa shape index (κ1) is 16.0. The van der Waals surface area contributed by atoms with Gasteiger partial charge in [0.25, 0.3) is 0 Å². The standard InChI is InChI=1S/C17H29NO/c1-7-10-18-16(17(4,5)6)12-19-15-11-13(2)8-9-14(15)3/h8-9,11,16,18H,7,10,12H2,1-6H3. The fourth-order valence-corrected chi connectivity index (χ4v) is 1.97. The van der Waals surface area contributed by atoms with E-state index in [9.17, 15) is 0 Å². The summed E-state index contributed by atoms with van der Waals surface area (Å²) in [6.45, 7) is 14.9. The highest BCUT2D eigenvalue weighted by Gasteiger charge is 2.24. The minimum atomic E-state index is 0.201. The van der Waals surface area contributed by atoms with Gasteiger partial charge >= 0.3 is 0 Å². The third kappa shape index (κ3) is 5.23. The van der Waals surface area contributed by atoms with Gasteiger partial charge in [-0.15, -0.1) is 0 Å². The normalized spacial score (nSPS) is 13.4. The number of rotatable bonds is 6. The molecule has 1 aromatic carbocycles. The van der Waals surface area contributed by atoms with Crippen LogP contribution in [-0.2, 0) is 0 Å². The van der Waals surface area contributed by atoms with Crippen LogP contribution in [0.25, 0.3) is 0 Å². The van der Waals surface area contributed by atoms with Crippen molar-refractivity contribution < 1.29 is 4.74 Å². The Morgan fingerprint density at radius 3 is 2.47 bits per heavy atom. The first-order valence-corrected chi connectivity index (χ1v) is 7.28. The average molecular weight is 263 g/mol. The number of benzene rings is 1. The van der Waals surface area contributed by atoms with E-state index in [4.69, 9.17) is 4.74 Å². The zero-order valence-electron chi connectivity index (χ0n) is 13.3. The lowest BCUT2D eigenvalue weighted by Gasteiger charge is -2.31. The Labute approximate surface area is 118 Å². The van der Waals surface area contributed by atoms with Crippen molar-refractivity contribution in [3.63, 3.8) is 0 Å². The molecule has 108 valence electrons. The molecule has 0 aliphatic rings. The Hall–Kier alpha value is -1.02. The molecule has 0 bridgehead atoms. The molecule has 0 aliphatic heterocycles. The van der Waals surface area contributed by atoms with Crippen molar-refractivity contribution in [1.29, 1.82) is 0 Å². The summed E-state index contributed by atoms with van der Waals surface area (Å²) in [5, 5.41) is 3.59. The second kappa shape index (κ2) is 6.95. The van der Waals surface area contributed by atoms with E-state index in [0.717, 1.165) is 18.7 Å². The minimum Gasteiger partial charge on any atom is -0.492 e. The second-order valence-corrected chi connectivity index (χ2v) is 6.45. The van der Waals surface area contributed by atoms with Crippen molar-refractivity contribution in [3.8, 4) is 5.75 Å². The van der Waals surface area contributed by atoms with E-state index >= 15 is 0 Å². The van der Waals surface area contributed by atoms with Crippen molar-refractivity contribution in [2.45, 2.75) is 54.0 Å². The van der Waals surface area contributed by atoms with Crippen LogP contribution in [0, 0.1) is 19.3 Å². The van der Waals surface area contributed by atoms with Crippen LogP contribution in [0.3, 0.4) is 0 Å². The van der Waals surface area contributed by atoms with Gasteiger partial charge in [-0.05, 0) is 49.4 Å². The molecule has 0 aliphatic carbocycles. The predicted molar refractivity (Wildman–Crippen MR) is 82.9 cm³/mol. The van der Waals surface area contributed by atoms with Gasteiger partial charge in [0.1, 0.15) is 12.4 Å². The molecule has 1 aromatic rings. The first-order chi connectivity index (χ1) is 8.84. The number of ether oxygens (including phenoxy) is 1.